The van der Waals surface area contributed by atoms with Crippen LogP contribution in [0.3, 0.4) is 0 Å². The largest absolute Gasteiger partial charge is 0.481 e. The summed E-state index contributed by atoms with van der Waals surface area (Å²) < 4.78 is 0. The number of hydrogen-bond donors (Lipinski definition) is 2. The minimum Gasteiger partial charge on any atom is -0.481 e. The van der Waals surface area contributed by atoms with Gasteiger partial charge in [0.25, 0.3) is 0 Å². The fourth-order valence-corrected chi connectivity index (χ4v) is 2.33. The van der Waals surface area contributed by atoms with Crippen molar-refractivity contribution in [3.05, 3.63) is 0 Å². The molecule has 0 saturated heterocycles. The van der Waals surface area contributed by atoms with E-state index in [1.165, 1.54) is 0 Å². The first-order chi connectivity index (χ1) is 7.63. The van der Waals surface area contributed by atoms with Crippen molar-refractivity contribution in [3.63, 3.8) is 0 Å². The van der Waals surface area contributed by atoms with E-state index in [0.717, 1.165) is 19.3 Å². The highest BCUT2D eigenvalue weighted by atomic mass is 16.4. The Balaban J connectivity index is 1.85. The Morgan fingerprint density at radius 3 is 2.62 bits per heavy atom. The average molecular weight is 222 g/mol. The molecule has 2 saturated carbocycles. The fraction of sp³-hybridized carbons (Fsp3) is 0.727. The van der Waals surface area contributed by atoms with E-state index >= 15 is 0 Å². The molecule has 0 heterocycles. The molecule has 2 rings (SSSR count). The van der Waals surface area contributed by atoms with E-state index in [9.17, 15) is 9.59 Å². The van der Waals surface area contributed by atoms with Crippen LogP contribution >= 0.6 is 0 Å². The Hall–Kier alpha value is -1.57. The first kappa shape index (κ1) is 10.9. The molecule has 5 heteroatoms. The molecule has 2 N–H and O–H groups in total. The van der Waals surface area contributed by atoms with Crippen LogP contribution < -0.4 is 5.32 Å². The van der Waals surface area contributed by atoms with Gasteiger partial charge in [-0.15, -0.1) is 0 Å². The smallest absolute Gasteiger partial charge is 0.307 e. The van der Waals surface area contributed by atoms with E-state index in [4.69, 9.17) is 10.4 Å². The Kier molecular flexibility index (Phi) is 2.82. The van der Waals surface area contributed by atoms with Crippen molar-refractivity contribution in [2.75, 3.05) is 0 Å². The predicted octanol–water partition coefficient (Wildman–Crippen LogP) is 0.516. The molecule has 0 bridgehead atoms. The molecule has 0 aliphatic heterocycles. The molecule has 1 amide bonds. The van der Waals surface area contributed by atoms with E-state index in [-0.39, 0.29) is 23.8 Å². The van der Waals surface area contributed by atoms with E-state index in [2.05, 4.69) is 11.4 Å². The van der Waals surface area contributed by atoms with E-state index in [1.54, 1.807) is 0 Å². The standard InChI is InChI=1S/C11H14N2O3/c12-5-6-2-1-3-9(6)13-10(14)7-4-8(7)11(15)16/h6-9H,1-4H2,(H,13,14)(H,15,16)/t6?,7-,8+,9?/m1/s1. The van der Waals surface area contributed by atoms with Gasteiger partial charge in [-0.2, -0.15) is 5.26 Å². The van der Waals surface area contributed by atoms with Crippen LogP contribution in [0, 0.1) is 29.1 Å². The van der Waals surface area contributed by atoms with Crippen LogP contribution in [0.2, 0.25) is 0 Å². The molecule has 2 fully saturated rings. The van der Waals surface area contributed by atoms with Crippen molar-refractivity contribution < 1.29 is 14.7 Å². The molecule has 16 heavy (non-hydrogen) atoms. The zero-order valence-electron chi connectivity index (χ0n) is 8.85. The SMILES string of the molecule is N#CC1CCCC1NC(=O)[C@@H]1C[C@@H]1C(=O)O. The summed E-state index contributed by atoms with van der Waals surface area (Å²) in [6.07, 6.45) is 3.05. The van der Waals surface area contributed by atoms with Gasteiger partial charge in [0, 0.05) is 6.04 Å². The van der Waals surface area contributed by atoms with Gasteiger partial charge in [-0.05, 0) is 25.7 Å². The Morgan fingerprint density at radius 1 is 1.31 bits per heavy atom. The van der Waals surface area contributed by atoms with Gasteiger partial charge < -0.3 is 10.4 Å². The topological polar surface area (TPSA) is 90.2 Å². The molecule has 0 radical (unpaired) electrons. The minimum absolute atomic E-state index is 0.0763. The van der Waals surface area contributed by atoms with Crippen LogP contribution in [0.25, 0.3) is 0 Å². The van der Waals surface area contributed by atoms with E-state index < -0.39 is 11.9 Å². The number of carbonyl (C=O) groups excluding carboxylic acids is 1. The lowest BCUT2D eigenvalue weighted by Crippen LogP contribution is -2.38. The van der Waals surface area contributed by atoms with Crippen molar-refractivity contribution in [2.45, 2.75) is 31.7 Å². The quantitative estimate of drug-likeness (QED) is 0.728. The molecule has 0 aromatic rings. The van der Waals surface area contributed by atoms with Gasteiger partial charge in [-0.1, -0.05) is 0 Å². The van der Waals surface area contributed by atoms with Gasteiger partial charge >= 0.3 is 5.97 Å². The van der Waals surface area contributed by atoms with Crippen LogP contribution in [0.1, 0.15) is 25.7 Å². The summed E-state index contributed by atoms with van der Waals surface area (Å²) in [5.74, 6) is -2.09. The number of nitriles is 1. The third-order valence-electron chi connectivity index (χ3n) is 3.45. The third-order valence-corrected chi connectivity index (χ3v) is 3.45. The van der Waals surface area contributed by atoms with Crippen LogP contribution in [0.5, 0.6) is 0 Å². The van der Waals surface area contributed by atoms with Gasteiger partial charge in [-0.25, -0.2) is 0 Å². The maximum Gasteiger partial charge on any atom is 0.307 e. The van der Waals surface area contributed by atoms with Gasteiger partial charge in [0.2, 0.25) is 5.91 Å². The molecular formula is C11H14N2O3. The Morgan fingerprint density at radius 2 is 2.06 bits per heavy atom. The lowest BCUT2D eigenvalue weighted by Gasteiger charge is -2.15. The fourth-order valence-electron chi connectivity index (χ4n) is 2.33. The van der Waals surface area contributed by atoms with Crippen molar-refractivity contribution in [3.8, 4) is 6.07 Å². The number of nitrogens with zero attached hydrogens (tertiary/aromatic N) is 1. The molecular weight excluding hydrogens is 208 g/mol. The van der Waals surface area contributed by atoms with E-state index in [1.807, 2.05) is 0 Å². The number of carbonyl (C=O) groups is 2. The van der Waals surface area contributed by atoms with Crippen molar-refractivity contribution in [1.29, 1.82) is 5.26 Å². The molecule has 2 aliphatic carbocycles. The second-order valence-corrected chi connectivity index (χ2v) is 4.57. The van der Waals surface area contributed by atoms with Gasteiger partial charge in [-0.3, -0.25) is 9.59 Å². The maximum absolute atomic E-state index is 11.7. The summed E-state index contributed by atoms with van der Waals surface area (Å²) in [5.41, 5.74) is 0. The van der Waals surface area contributed by atoms with Crippen LogP contribution in [-0.2, 0) is 9.59 Å². The lowest BCUT2D eigenvalue weighted by molar-refractivity contribution is -0.140. The first-order valence-electron chi connectivity index (χ1n) is 5.56. The third kappa shape index (κ3) is 2.01. The van der Waals surface area contributed by atoms with Crippen molar-refractivity contribution in [2.24, 2.45) is 17.8 Å². The molecule has 2 unspecified atom stereocenters. The second-order valence-electron chi connectivity index (χ2n) is 4.57. The highest BCUT2D eigenvalue weighted by Gasteiger charge is 2.49. The molecule has 86 valence electrons. The Labute approximate surface area is 93.4 Å². The summed E-state index contributed by atoms with van der Waals surface area (Å²) >= 11 is 0. The number of nitrogens with one attached hydrogen (secondary N) is 1. The summed E-state index contributed by atoms with van der Waals surface area (Å²) in [5, 5.41) is 20.3. The van der Waals surface area contributed by atoms with Crippen LogP contribution in [0.15, 0.2) is 0 Å². The van der Waals surface area contributed by atoms with Crippen LogP contribution in [-0.4, -0.2) is 23.0 Å². The van der Waals surface area contributed by atoms with Crippen molar-refractivity contribution in [1.82, 2.24) is 5.32 Å². The Bertz CT molecular complexity index is 361. The number of aliphatic carboxylic acids is 1. The highest BCUT2D eigenvalue weighted by molar-refractivity contribution is 5.89. The molecule has 0 aromatic heterocycles. The van der Waals surface area contributed by atoms with Gasteiger partial charge in [0.1, 0.15) is 0 Å². The number of rotatable bonds is 3. The normalized spacial score (nSPS) is 36.4. The summed E-state index contributed by atoms with van der Waals surface area (Å²) in [7, 11) is 0. The van der Waals surface area contributed by atoms with Crippen molar-refractivity contribution >= 4 is 11.9 Å². The number of amides is 1. The summed E-state index contributed by atoms with van der Waals surface area (Å²) in [6.45, 7) is 0. The van der Waals surface area contributed by atoms with Gasteiger partial charge in [0.05, 0.1) is 23.8 Å². The lowest BCUT2D eigenvalue weighted by atomic mass is 10.1. The second kappa shape index (κ2) is 4.12. The van der Waals surface area contributed by atoms with E-state index in [0.29, 0.717) is 6.42 Å². The number of carboxylic acid groups (broad SMARTS) is 1. The minimum atomic E-state index is -0.900. The van der Waals surface area contributed by atoms with Crippen LogP contribution in [0.4, 0.5) is 0 Å². The number of hydrogen-bond acceptors (Lipinski definition) is 3. The maximum atomic E-state index is 11.7. The summed E-state index contributed by atoms with van der Waals surface area (Å²) in [4.78, 5) is 22.3. The monoisotopic (exact) mass is 222 g/mol. The molecule has 5 nitrogen and oxygen atoms in total. The zero-order valence-corrected chi connectivity index (χ0v) is 8.85. The highest BCUT2D eigenvalue weighted by Crippen LogP contribution is 2.39. The molecule has 0 aromatic carbocycles. The van der Waals surface area contributed by atoms with Gasteiger partial charge in [0.15, 0.2) is 0 Å². The average Bonchev–Trinajstić information content (AvgIpc) is 2.94. The molecule has 4 atom stereocenters. The summed E-state index contributed by atoms with van der Waals surface area (Å²) in [6, 6.07) is 2.11. The molecule has 2 aliphatic rings. The number of carboxylic acids is 1. The zero-order chi connectivity index (χ0) is 11.7. The predicted molar refractivity (Wildman–Crippen MR) is 54.1 cm³/mol. The molecule has 0 spiro atoms. The first-order valence-corrected chi connectivity index (χ1v) is 5.56.